The van der Waals surface area contributed by atoms with Crippen LogP contribution in [0.1, 0.15) is 18.4 Å². The summed E-state index contributed by atoms with van der Waals surface area (Å²) in [5.74, 6) is 0.811. The van der Waals surface area contributed by atoms with Gasteiger partial charge in [0, 0.05) is 12.6 Å². The summed E-state index contributed by atoms with van der Waals surface area (Å²) in [5.41, 5.74) is 0.653. The molecular formula is C16H19N5O. The molecule has 0 bridgehead atoms. The van der Waals surface area contributed by atoms with Crippen LogP contribution < -0.4 is 4.74 Å². The van der Waals surface area contributed by atoms with Crippen LogP contribution in [-0.2, 0) is 6.54 Å². The summed E-state index contributed by atoms with van der Waals surface area (Å²) in [5, 5.41) is 13.0. The fourth-order valence-corrected chi connectivity index (χ4v) is 2.85. The van der Waals surface area contributed by atoms with Crippen LogP contribution in [-0.4, -0.2) is 45.4 Å². The molecule has 1 aromatic carbocycles. The van der Waals surface area contributed by atoms with Gasteiger partial charge in [-0.05, 0) is 43.7 Å². The number of rotatable bonds is 6. The van der Waals surface area contributed by atoms with Crippen LogP contribution in [0.15, 0.2) is 36.9 Å². The molecule has 1 aliphatic rings. The van der Waals surface area contributed by atoms with Crippen molar-refractivity contribution in [2.24, 2.45) is 0 Å². The number of hydrogen-bond donors (Lipinski definition) is 0. The van der Waals surface area contributed by atoms with Crippen molar-refractivity contribution in [3.63, 3.8) is 0 Å². The normalized spacial score (nSPS) is 18.2. The molecule has 3 rings (SSSR count). The molecule has 1 atom stereocenters. The highest BCUT2D eigenvalue weighted by atomic mass is 16.5. The van der Waals surface area contributed by atoms with E-state index < -0.39 is 0 Å². The summed E-state index contributed by atoms with van der Waals surface area (Å²) >= 11 is 0. The molecule has 114 valence electrons. The number of nitriles is 1. The second kappa shape index (κ2) is 7.05. The number of aromatic nitrogens is 3. The lowest BCUT2D eigenvalue weighted by molar-refractivity contribution is 0.182. The van der Waals surface area contributed by atoms with Crippen molar-refractivity contribution in [3.8, 4) is 11.8 Å². The molecule has 0 radical (unpaired) electrons. The van der Waals surface area contributed by atoms with Crippen molar-refractivity contribution in [3.05, 3.63) is 42.5 Å². The van der Waals surface area contributed by atoms with Gasteiger partial charge in [0.25, 0.3) is 0 Å². The zero-order valence-electron chi connectivity index (χ0n) is 12.4. The van der Waals surface area contributed by atoms with Gasteiger partial charge in [-0.25, -0.2) is 4.98 Å². The summed E-state index contributed by atoms with van der Waals surface area (Å²) in [7, 11) is 0. The lowest BCUT2D eigenvalue weighted by Gasteiger charge is -2.24. The van der Waals surface area contributed by atoms with E-state index in [-0.39, 0.29) is 0 Å². The van der Waals surface area contributed by atoms with Crippen molar-refractivity contribution >= 4 is 0 Å². The van der Waals surface area contributed by atoms with E-state index in [0.29, 0.717) is 18.2 Å². The van der Waals surface area contributed by atoms with Gasteiger partial charge in [-0.1, -0.05) is 0 Å². The standard InChI is InChI=1S/C16H19N5O/c17-10-14-3-5-16(6-4-14)22-9-8-20-7-1-2-15(20)11-21-13-18-12-19-21/h3-6,12-13,15H,1-2,7-9,11H2. The van der Waals surface area contributed by atoms with Crippen molar-refractivity contribution in [1.29, 1.82) is 5.26 Å². The monoisotopic (exact) mass is 297 g/mol. The lowest BCUT2D eigenvalue weighted by atomic mass is 10.2. The highest BCUT2D eigenvalue weighted by Crippen LogP contribution is 2.18. The predicted molar refractivity (Wildman–Crippen MR) is 81.3 cm³/mol. The second-order valence-electron chi connectivity index (χ2n) is 5.43. The minimum absolute atomic E-state index is 0.506. The minimum atomic E-state index is 0.506. The first-order chi connectivity index (χ1) is 10.8. The maximum absolute atomic E-state index is 8.77. The van der Waals surface area contributed by atoms with E-state index in [1.165, 1.54) is 12.8 Å². The summed E-state index contributed by atoms with van der Waals surface area (Å²) in [6, 6.07) is 9.85. The Morgan fingerprint density at radius 3 is 2.91 bits per heavy atom. The van der Waals surface area contributed by atoms with Gasteiger partial charge in [0.1, 0.15) is 25.0 Å². The Kier molecular flexibility index (Phi) is 4.66. The predicted octanol–water partition coefficient (Wildman–Crippen LogP) is 1.69. The number of nitrogens with zero attached hydrogens (tertiary/aromatic N) is 5. The van der Waals surface area contributed by atoms with E-state index in [1.807, 2.05) is 16.8 Å². The third-order valence-electron chi connectivity index (χ3n) is 3.99. The summed E-state index contributed by atoms with van der Waals surface area (Å²) in [6.07, 6.45) is 5.75. The Morgan fingerprint density at radius 1 is 1.32 bits per heavy atom. The van der Waals surface area contributed by atoms with Crippen LogP contribution in [0.3, 0.4) is 0 Å². The SMILES string of the molecule is N#Cc1ccc(OCCN2CCCC2Cn2cncn2)cc1. The van der Waals surface area contributed by atoms with Gasteiger partial charge in [-0.15, -0.1) is 0 Å². The van der Waals surface area contributed by atoms with Crippen molar-refractivity contribution in [2.75, 3.05) is 19.7 Å². The molecule has 1 saturated heterocycles. The maximum atomic E-state index is 8.77. The van der Waals surface area contributed by atoms with Gasteiger partial charge >= 0.3 is 0 Å². The van der Waals surface area contributed by atoms with Gasteiger partial charge < -0.3 is 4.74 Å². The summed E-state index contributed by atoms with van der Waals surface area (Å²) in [6.45, 7) is 3.55. The molecule has 1 aliphatic heterocycles. The van der Waals surface area contributed by atoms with Gasteiger partial charge in [0.2, 0.25) is 0 Å². The molecule has 1 unspecified atom stereocenters. The fourth-order valence-electron chi connectivity index (χ4n) is 2.85. The lowest BCUT2D eigenvalue weighted by Crippen LogP contribution is -2.36. The summed E-state index contributed by atoms with van der Waals surface area (Å²) in [4.78, 5) is 6.44. The molecule has 0 N–H and O–H groups in total. The fraction of sp³-hybridized carbons (Fsp3) is 0.438. The smallest absolute Gasteiger partial charge is 0.137 e. The van der Waals surface area contributed by atoms with Crippen LogP contribution in [0.25, 0.3) is 0 Å². The largest absolute Gasteiger partial charge is 0.492 e. The molecule has 2 heterocycles. The average molecular weight is 297 g/mol. The first-order valence-corrected chi connectivity index (χ1v) is 7.54. The number of benzene rings is 1. The molecule has 22 heavy (non-hydrogen) atoms. The van der Waals surface area contributed by atoms with Crippen LogP contribution in [0.5, 0.6) is 5.75 Å². The molecule has 6 heteroatoms. The molecular weight excluding hydrogens is 278 g/mol. The van der Waals surface area contributed by atoms with E-state index in [4.69, 9.17) is 10.00 Å². The topological polar surface area (TPSA) is 67.0 Å². The Labute approximate surface area is 129 Å². The number of hydrogen-bond acceptors (Lipinski definition) is 5. The molecule has 6 nitrogen and oxygen atoms in total. The first kappa shape index (κ1) is 14.5. The van der Waals surface area contributed by atoms with Crippen LogP contribution in [0.4, 0.5) is 0 Å². The first-order valence-electron chi connectivity index (χ1n) is 7.54. The Bertz CT molecular complexity index is 617. The minimum Gasteiger partial charge on any atom is -0.492 e. The number of ether oxygens (including phenoxy) is 1. The molecule has 0 spiro atoms. The van der Waals surface area contributed by atoms with Crippen molar-refractivity contribution in [2.45, 2.75) is 25.4 Å². The number of likely N-dealkylation sites (tertiary alicyclic amines) is 1. The van der Waals surface area contributed by atoms with Crippen LogP contribution in [0, 0.1) is 11.3 Å². The van der Waals surface area contributed by atoms with Gasteiger partial charge in [-0.2, -0.15) is 10.4 Å². The van der Waals surface area contributed by atoms with Crippen molar-refractivity contribution in [1.82, 2.24) is 19.7 Å². The molecule has 1 fully saturated rings. The quantitative estimate of drug-likeness (QED) is 0.811. The molecule has 0 saturated carbocycles. The van der Waals surface area contributed by atoms with Crippen molar-refractivity contribution < 1.29 is 4.74 Å². The zero-order chi connectivity index (χ0) is 15.2. The molecule has 0 aliphatic carbocycles. The van der Waals surface area contributed by atoms with Crippen LogP contribution in [0.2, 0.25) is 0 Å². The van der Waals surface area contributed by atoms with E-state index in [2.05, 4.69) is 21.1 Å². The average Bonchev–Trinajstić information content (AvgIpc) is 3.21. The Hall–Kier alpha value is -2.39. The maximum Gasteiger partial charge on any atom is 0.137 e. The van der Waals surface area contributed by atoms with E-state index >= 15 is 0 Å². The van der Waals surface area contributed by atoms with E-state index in [9.17, 15) is 0 Å². The third kappa shape index (κ3) is 3.62. The Balaban J connectivity index is 1.46. The third-order valence-corrected chi connectivity index (χ3v) is 3.99. The summed E-state index contributed by atoms with van der Waals surface area (Å²) < 4.78 is 7.66. The molecule has 2 aromatic rings. The van der Waals surface area contributed by atoms with Gasteiger partial charge in [-0.3, -0.25) is 9.58 Å². The van der Waals surface area contributed by atoms with Crippen LogP contribution >= 0.6 is 0 Å². The zero-order valence-corrected chi connectivity index (χ0v) is 12.4. The Morgan fingerprint density at radius 2 is 2.18 bits per heavy atom. The highest BCUT2D eigenvalue weighted by Gasteiger charge is 2.24. The molecule has 1 aromatic heterocycles. The molecule has 0 amide bonds. The van der Waals surface area contributed by atoms with Gasteiger partial charge in [0.05, 0.1) is 18.2 Å². The highest BCUT2D eigenvalue weighted by molar-refractivity contribution is 5.34. The van der Waals surface area contributed by atoms with Gasteiger partial charge in [0.15, 0.2) is 0 Å². The van der Waals surface area contributed by atoms with E-state index in [1.54, 1.807) is 24.8 Å². The van der Waals surface area contributed by atoms with E-state index in [0.717, 1.165) is 25.4 Å². The second-order valence-corrected chi connectivity index (χ2v) is 5.43.